The van der Waals surface area contributed by atoms with Crippen molar-refractivity contribution in [1.29, 1.82) is 0 Å². The quantitative estimate of drug-likeness (QED) is 0.540. The number of likely N-dealkylation sites (tertiary alicyclic amines) is 1. The molecule has 31 heavy (non-hydrogen) atoms. The van der Waals surface area contributed by atoms with Crippen molar-refractivity contribution in [3.05, 3.63) is 66.7 Å². The summed E-state index contributed by atoms with van der Waals surface area (Å²) < 4.78 is 7.59. The molecule has 0 aliphatic carbocycles. The van der Waals surface area contributed by atoms with E-state index in [4.69, 9.17) is 4.74 Å². The lowest BCUT2D eigenvalue weighted by atomic mass is 10.1. The molecular weight excluding hydrogens is 392 g/mol. The van der Waals surface area contributed by atoms with Gasteiger partial charge in [0.2, 0.25) is 5.88 Å². The molecule has 1 saturated heterocycles. The Hall–Kier alpha value is -3.78. The van der Waals surface area contributed by atoms with Crippen LogP contribution in [0.5, 0.6) is 5.88 Å². The van der Waals surface area contributed by atoms with E-state index in [-0.39, 0.29) is 12.0 Å². The third-order valence-corrected chi connectivity index (χ3v) is 5.32. The summed E-state index contributed by atoms with van der Waals surface area (Å²) in [6, 6.07) is 11.3. The first kappa shape index (κ1) is 19.2. The zero-order valence-electron chi connectivity index (χ0n) is 17.3. The van der Waals surface area contributed by atoms with E-state index in [0.717, 1.165) is 35.0 Å². The lowest BCUT2D eigenvalue weighted by Gasteiger charge is -2.35. The molecule has 1 aromatic carbocycles. The Labute approximate surface area is 179 Å². The zero-order valence-corrected chi connectivity index (χ0v) is 17.3. The third-order valence-electron chi connectivity index (χ3n) is 5.32. The number of pyridine rings is 2. The van der Waals surface area contributed by atoms with Crippen molar-refractivity contribution in [3.8, 4) is 17.0 Å². The molecular formula is C23H22N6O2. The van der Waals surface area contributed by atoms with E-state index in [1.54, 1.807) is 29.2 Å². The van der Waals surface area contributed by atoms with Crippen LogP contribution in [0.15, 0.2) is 61.2 Å². The molecule has 0 unspecified atom stereocenters. The molecule has 0 saturated carbocycles. The third kappa shape index (κ3) is 4.10. The first-order chi connectivity index (χ1) is 15.0. The highest BCUT2D eigenvalue weighted by molar-refractivity contribution is 6.04. The van der Waals surface area contributed by atoms with E-state index < -0.39 is 0 Å². The van der Waals surface area contributed by atoms with Gasteiger partial charge in [0, 0.05) is 61.3 Å². The van der Waals surface area contributed by atoms with E-state index in [2.05, 4.69) is 31.3 Å². The molecule has 0 spiro atoms. The number of nitrogens with zero attached hydrogens (tertiary/aromatic N) is 5. The molecule has 4 heterocycles. The van der Waals surface area contributed by atoms with Gasteiger partial charge >= 0.3 is 0 Å². The average Bonchev–Trinajstić information content (AvgIpc) is 3.19. The van der Waals surface area contributed by atoms with Gasteiger partial charge in [0.15, 0.2) is 0 Å². The summed E-state index contributed by atoms with van der Waals surface area (Å²) in [6.45, 7) is 1.72. The molecule has 8 nitrogen and oxygen atoms in total. The Bertz CT molecular complexity index is 1260. The number of ether oxygens (including phenoxy) is 1. The highest BCUT2D eigenvalue weighted by Crippen LogP contribution is 2.25. The van der Waals surface area contributed by atoms with Crippen molar-refractivity contribution >= 4 is 22.5 Å². The Morgan fingerprint density at radius 1 is 1.03 bits per heavy atom. The molecule has 1 N–H and O–H groups in total. The van der Waals surface area contributed by atoms with E-state index in [0.29, 0.717) is 17.3 Å². The van der Waals surface area contributed by atoms with Gasteiger partial charge in [0.1, 0.15) is 11.9 Å². The van der Waals surface area contributed by atoms with Crippen LogP contribution in [0.25, 0.3) is 21.9 Å². The normalized spacial score (nSPS) is 14.4. The number of likely N-dealkylation sites (N-methyl/N-ethyl adjacent to an activating group) is 1. The maximum atomic E-state index is 12.8. The van der Waals surface area contributed by atoms with Crippen LogP contribution in [0.2, 0.25) is 0 Å². The predicted octanol–water partition coefficient (Wildman–Crippen LogP) is 2.98. The molecule has 1 aliphatic heterocycles. The van der Waals surface area contributed by atoms with Crippen molar-refractivity contribution in [3.63, 3.8) is 0 Å². The minimum atomic E-state index is -0.256. The Balaban J connectivity index is 1.34. The molecule has 156 valence electrons. The summed E-state index contributed by atoms with van der Waals surface area (Å²) in [5.74, 6) is 0.687. The fraction of sp³-hybridized carbons (Fsp3) is 0.217. The number of fused-ring (bicyclic) bond motifs is 1. The van der Waals surface area contributed by atoms with Crippen LogP contribution in [0, 0.1) is 0 Å². The highest BCUT2D eigenvalue weighted by Gasteiger charge is 2.25. The lowest BCUT2D eigenvalue weighted by Crippen LogP contribution is -2.51. The highest BCUT2D eigenvalue weighted by atomic mass is 16.5. The van der Waals surface area contributed by atoms with Gasteiger partial charge in [-0.1, -0.05) is 12.1 Å². The number of benzene rings is 1. The van der Waals surface area contributed by atoms with Crippen LogP contribution in [0.1, 0.15) is 10.4 Å². The topological polar surface area (TPSA) is 85.2 Å². The van der Waals surface area contributed by atoms with E-state index >= 15 is 0 Å². The lowest BCUT2D eigenvalue weighted by molar-refractivity contribution is 0.0355. The molecule has 1 fully saturated rings. The second kappa shape index (κ2) is 7.81. The van der Waals surface area contributed by atoms with Crippen molar-refractivity contribution in [2.45, 2.75) is 6.10 Å². The van der Waals surface area contributed by atoms with Crippen molar-refractivity contribution in [2.24, 2.45) is 7.05 Å². The Morgan fingerprint density at radius 2 is 1.90 bits per heavy atom. The molecule has 1 amide bonds. The number of carbonyl (C=O) groups excluding carboxylic acids is 1. The van der Waals surface area contributed by atoms with Gasteiger partial charge in [0.25, 0.3) is 5.91 Å². The minimum absolute atomic E-state index is 0.118. The summed E-state index contributed by atoms with van der Waals surface area (Å²) in [6.07, 6.45) is 7.25. The average molecular weight is 414 g/mol. The van der Waals surface area contributed by atoms with Crippen LogP contribution in [0.4, 0.5) is 5.82 Å². The van der Waals surface area contributed by atoms with Gasteiger partial charge in [-0.15, -0.1) is 0 Å². The fourth-order valence-electron chi connectivity index (χ4n) is 3.65. The molecule has 0 atom stereocenters. The second-order valence-corrected chi connectivity index (χ2v) is 7.83. The van der Waals surface area contributed by atoms with Gasteiger partial charge in [-0.05, 0) is 36.2 Å². The second-order valence-electron chi connectivity index (χ2n) is 7.83. The fourth-order valence-corrected chi connectivity index (χ4v) is 3.65. The zero-order chi connectivity index (χ0) is 21.4. The maximum absolute atomic E-state index is 12.8. The number of aryl methyl sites for hydroxylation is 1. The number of carbonyl (C=O) groups is 1. The van der Waals surface area contributed by atoms with Gasteiger partial charge in [-0.2, -0.15) is 5.10 Å². The number of anilines is 1. The number of nitrogens with one attached hydrogen (secondary N) is 1. The SMILES string of the molecule is CN1CC(Oc2cc(C(=O)Nc3cc4cc(-c5cnn(C)c5)ccc4cn3)ccn2)C1. The standard InChI is InChI=1S/C23H22N6O2/c1-28-13-20(14-28)31-22-9-16(5-6-24-22)23(30)27-21-8-18-7-15(3-4-17(18)10-25-21)19-11-26-29(2)12-19/h3-12,20H,13-14H2,1-2H3,(H,25,27,30). The summed E-state index contributed by atoms with van der Waals surface area (Å²) in [5, 5.41) is 9.08. The van der Waals surface area contributed by atoms with Gasteiger partial charge < -0.3 is 10.1 Å². The summed E-state index contributed by atoms with van der Waals surface area (Å²) in [7, 11) is 3.93. The largest absolute Gasteiger partial charge is 0.472 e. The van der Waals surface area contributed by atoms with Gasteiger partial charge in [-0.25, -0.2) is 9.97 Å². The molecule has 0 bridgehead atoms. The van der Waals surface area contributed by atoms with Crippen molar-refractivity contribution < 1.29 is 9.53 Å². The number of rotatable bonds is 5. The van der Waals surface area contributed by atoms with E-state index in [1.165, 1.54) is 0 Å². The van der Waals surface area contributed by atoms with Crippen molar-refractivity contribution in [1.82, 2.24) is 24.6 Å². The van der Waals surface area contributed by atoms with E-state index in [9.17, 15) is 4.79 Å². The Kier molecular flexibility index (Phi) is 4.83. The smallest absolute Gasteiger partial charge is 0.257 e. The number of hydrogen-bond acceptors (Lipinski definition) is 6. The van der Waals surface area contributed by atoms with Gasteiger partial charge in [0.05, 0.1) is 6.20 Å². The summed E-state index contributed by atoms with van der Waals surface area (Å²) in [5.41, 5.74) is 2.57. The van der Waals surface area contributed by atoms with E-state index in [1.807, 2.05) is 44.7 Å². The first-order valence-corrected chi connectivity index (χ1v) is 10.0. The van der Waals surface area contributed by atoms with Gasteiger partial charge in [-0.3, -0.25) is 14.4 Å². The van der Waals surface area contributed by atoms with Crippen LogP contribution in [0.3, 0.4) is 0 Å². The van der Waals surface area contributed by atoms with Crippen LogP contribution in [-0.4, -0.2) is 56.8 Å². The number of aromatic nitrogens is 4. The predicted molar refractivity (Wildman–Crippen MR) is 118 cm³/mol. The summed E-state index contributed by atoms with van der Waals surface area (Å²) in [4.78, 5) is 23.5. The Morgan fingerprint density at radius 3 is 2.68 bits per heavy atom. The minimum Gasteiger partial charge on any atom is -0.472 e. The van der Waals surface area contributed by atoms with Crippen LogP contribution < -0.4 is 10.1 Å². The molecule has 5 rings (SSSR count). The molecule has 3 aromatic heterocycles. The van der Waals surface area contributed by atoms with Crippen LogP contribution >= 0.6 is 0 Å². The molecule has 4 aromatic rings. The number of hydrogen-bond donors (Lipinski definition) is 1. The van der Waals surface area contributed by atoms with Crippen molar-refractivity contribution in [2.75, 3.05) is 25.5 Å². The first-order valence-electron chi connectivity index (χ1n) is 10.0. The maximum Gasteiger partial charge on any atom is 0.257 e. The molecule has 8 heteroatoms. The molecule has 1 aliphatic rings. The van der Waals surface area contributed by atoms with Crippen LogP contribution in [-0.2, 0) is 7.05 Å². The summed E-state index contributed by atoms with van der Waals surface area (Å²) >= 11 is 0. The molecule has 0 radical (unpaired) electrons. The monoisotopic (exact) mass is 414 g/mol. The number of amides is 1.